The second kappa shape index (κ2) is 6.91. The van der Waals surface area contributed by atoms with Gasteiger partial charge in [-0.05, 0) is 57.2 Å². The van der Waals surface area contributed by atoms with Crippen LogP contribution in [-0.4, -0.2) is 31.1 Å². The molecule has 0 saturated heterocycles. The summed E-state index contributed by atoms with van der Waals surface area (Å²) in [5, 5.41) is 0. The Morgan fingerprint density at radius 2 is 1.89 bits per heavy atom. The molecule has 0 spiro atoms. The molecule has 1 aliphatic carbocycles. The monoisotopic (exact) mass is 246 g/mol. The van der Waals surface area contributed by atoms with Gasteiger partial charge in [0.2, 0.25) is 0 Å². The molecule has 1 aromatic rings. The van der Waals surface area contributed by atoms with E-state index in [0.29, 0.717) is 6.04 Å². The lowest BCUT2D eigenvalue weighted by Gasteiger charge is -2.35. The van der Waals surface area contributed by atoms with Crippen LogP contribution in [0.1, 0.15) is 31.2 Å². The van der Waals surface area contributed by atoms with E-state index in [1.54, 1.807) is 0 Å². The van der Waals surface area contributed by atoms with Crippen molar-refractivity contribution in [3.63, 3.8) is 0 Å². The first-order chi connectivity index (χ1) is 8.74. The number of nitrogens with two attached hydrogens (primary N) is 1. The third kappa shape index (κ3) is 4.43. The van der Waals surface area contributed by atoms with Crippen LogP contribution in [0.3, 0.4) is 0 Å². The minimum Gasteiger partial charge on any atom is -0.328 e. The van der Waals surface area contributed by atoms with Gasteiger partial charge < -0.3 is 10.6 Å². The second-order valence-corrected chi connectivity index (χ2v) is 5.80. The number of hydrogen-bond acceptors (Lipinski definition) is 2. The second-order valence-electron chi connectivity index (χ2n) is 5.80. The largest absolute Gasteiger partial charge is 0.328 e. The molecule has 2 nitrogen and oxygen atoms in total. The van der Waals surface area contributed by atoms with Crippen molar-refractivity contribution in [2.24, 2.45) is 11.7 Å². The van der Waals surface area contributed by atoms with Crippen molar-refractivity contribution < 1.29 is 0 Å². The number of unbranched alkanes of at least 4 members (excludes halogenated alkanes) is 1. The summed E-state index contributed by atoms with van der Waals surface area (Å²) in [7, 11) is 2.24. The molecule has 0 atom stereocenters. The summed E-state index contributed by atoms with van der Waals surface area (Å²) in [6.45, 7) is 2.46. The van der Waals surface area contributed by atoms with Crippen molar-refractivity contribution in [3.05, 3.63) is 35.9 Å². The first-order valence-electron chi connectivity index (χ1n) is 7.22. The first-order valence-corrected chi connectivity index (χ1v) is 7.22. The molecule has 100 valence electrons. The minimum atomic E-state index is 0.487. The van der Waals surface area contributed by atoms with Crippen LogP contribution in [0.5, 0.6) is 0 Å². The Hall–Kier alpha value is -0.860. The average molecular weight is 246 g/mol. The van der Waals surface area contributed by atoms with Crippen molar-refractivity contribution in [2.75, 3.05) is 20.1 Å². The summed E-state index contributed by atoms with van der Waals surface area (Å²) in [5.41, 5.74) is 7.28. The van der Waals surface area contributed by atoms with Crippen molar-refractivity contribution in [1.29, 1.82) is 0 Å². The highest BCUT2D eigenvalue weighted by atomic mass is 15.1. The average Bonchev–Trinajstić information content (AvgIpc) is 2.34. The molecule has 1 fully saturated rings. The van der Waals surface area contributed by atoms with Gasteiger partial charge in [-0.25, -0.2) is 0 Å². The zero-order valence-electron chi connectivity index (χ0n) is 11.5. The lowest BCUT2D eigenvalue weighted by atomic mass is 9.80. The molecular formula is C16H26N2. The Bertz CT molecular complexity index is 330. The predicted octanol–water partition coefficient (Wildman–Crippen LogP) is 2.68. The van der Waals surface area contributed by atoms with Gasteiger partial charge in [0.25, 0.3) is 0 Å². The van der Waals surface area contributed by atoms with Gasteiger partial charge in [0.1, 0.15) is 0 Å². The highest BCUT2D eigenvalue weighted by molar-refractivity contribution is 5.14. The van der Waals surface area contributed by atoms with E-state index in [4.69, 9.17) is 5.73 Å². The van der Waals surface area contributed by atoms with Gasteiger partial charge in [0, 0.05) is 12.6 Å². The first kappa shape index (κ1) is 13.6. The Labute approximate surface area is 111 Å². The maximum absolute atomic E-state index is 5.81. The van der Waals surface area contributed by atoms with Crippen molar-refractivity contribution in [3.8, 4) is 0 Å². The van der Waals surface area contributed by atoms with E-state index in [1.165, 1.54) is 50.8 Å². The Morgan fingerprint density at radius 3 is 2.56 bits per heavy atom. The molecule has 0 unspecified atom stereocenters. The highest BCUT2D eigenvalue weighted by Crippen LogP contribution is 2.25. The number of aryl methyl sites for hydroxylation is 1. The van der Waals surface area contributed by atoms with Crippen LogP contribution in [0.4, 0.5) is 0 Å². The van der Waals surface area contributed by atoms with E-state index in [9.17, 15) is 0 Å². The molecule has 0 aliphatic heterocycles. The maximum atomic E-state index is 5.81. The fraction of sp³-hybridized carbons (Fsp3) is 0.625. The van der Waals surface area contributed by atoms with Crippen LogP contribution in [0.2, 0.25) is 0 Å². The molecule has 18 heavy (non-hydrogen) atoms. The van der Waals surface area contributed by atoms with Gasteiger partial charge in [-0.3, -0.25) is 0 Å². The molecule has 0 heterocycles. The van der Waals surface area contributed by atoms with E-state index in [1.807, 2.05) is 0 Å². The topological polar surface area (TPSA) is 29.3 Å². The van der Waals surface area contributed by atoms with Crippen LogP contribution in [0, 0.1) is 5.92 Å². The van der Waals surface area contributed by atoms with E-state index in [2.05, 4.69) is 42.3 Å². The Kier molecular flexibility index (Phi) is 5.21. The third-order valence-electron chi connectivity index (χ3n) is 3.94. The number of nitrogens with zero attached hydrogens (tertiary/aromatic N) is 1. The van der Waals surface area contributed by atoms with E-state index in [0.717, 1.165) is 5.92 Å². The molecule has 2 N–H and O–H groups in total. The Morgan fingerprint density at radius 1 is 1.17 bits per heavy atom. The van der Waals surface area contributed by atoms with Crippen LogP contribution in [-0.2, 0) is 6.42 Å². The van der Waals surface area contributed by atoms with Crippen LogP contribution >= 0.6 is 0 Å². The fourth-order valence-corrected chi connectivity index (χ4v) is 2.82. The molecule has 1 aromatic carbocycles. The lowest BCUT2D eigenvalue weighted by Crippen LogP contribution is -2.42. The molecular weight excluding hydrogens is 220 g/mol. The smallest absolute Gasteiger partial charge is 0.00450 e. The maximum Gasteiger partial charge on any atom is 0.00450 e. The summed E-state index contributed by atoms with van der Waals surface area (Å²) >= 11 is 0. The molecule has 1 saturated carbocycles. The molecule has 0 aromatic heterocycles. The number of rotatable bonds is 7. The third-order valence-corrected chi connectivity index (χ3v) is 3.94. The highest BCUT2D eigenvalue weighted by Gasteiger charge is 2.26. The van der Waals surface area contributed by atoms with Crippen LogP contribution in [0.25, 0.3) is 0 Å². The fourth-order valence-electron chi connectivity index (χ4n) is 2.82. The van der Waals surface area contributed by atoms with Gasteiger partial charge in [-0.1, -0.05) is 30.3 Å². The van der Waals surface area contributed by atoms with E-state index < -0.39 is 0 Å². The van der Waals surface area contributed by atoms with Gasteiger partial charge in [0.15, 0.2) is 0 Å². The zero-order valence-corrected chi connectivity index (χ0v) is 11.5. The van der Waals surface area contributed by atoms with Crippen molar-refractivity contribution in [1.82, 2.24) is 4.90 Å². The van der Waals surface area contributed by atoms with Gasteiger partial charge in [0.05, 0.1) is 0 Å². The summed E-state index contributed by atoms with van der Waals surface area (Å²) in [6.07, 6.45) is 6.26. The molecule has 2 heteroatoms. The van der Waals surface area contributed by atoms with Crippen molar-refractivity contribution in [2.45, 2.75) is 38.1 Å². The minimum absolute atomic E-state index is 0.487. The summed E-state index contributed by atoms with van der Waals surface area (Å²) in [5.74, 6) is 0.860. The van der Waals surface area contributed by atoms with Crippen molar-refractivity contribution >= 4 is 0 Å². The van der Waals surface area contributed by atoms with Gasteiger partial charge in [-0.2, -0.15) is 0 Å². The Balaban J connectivity index is 1.52. The van der Waals surface area contributed by atoms with Gasteiger partial charge in [-0.15, -0.1) is 0 Å². The summed E-state index contributed by atoms with van der Waals surface area (Å²) in [6, 6.07) is 11.3. The SMILES string of the molecule is CN(CCCCc1ccccc1)CC1CC(N)C1. The molecule has 0 radical (unpaired) electrons. The number of benzene rings is 1. The summed E-state index contributed by atoms with van der Waals surface area (Å²) in [4.78, 5) is 2.47. The van der Waals surface area contributed by atoms with Crippen LogP contribution in [0.15, 0.2) is 30.3 Å². The molecule has 2 rings (SSSR count). The standard InChI is InChI=1S/C16H26N2/c1-18(13-15-11-16(17)12-15)10-6-5-9-14-7-3-2-4-8-14/h2-4,7-8,15-16H,5-6,9-13,17H2,1H3. The molecule has 0 bridgehead atoms. The quantitative estimate of drug-likeness (QED) is 0.750. The predicted molar refractivity (Wildman–Crippen MR) is 77.6 cm³/mol. The summed E-state index contributed by atoms with van der Waals surface area (Å²) < 4.78 is 0. The normalized spacial score (nSPS) is 23.1. The number of hydrogen-bond donors (Lipinski definition) is 1. The van der Waals surface area contributed by atoms with Crippen LogP contribution < -0.4 is 5.73 Å². The lowest BCUT2D eigenvalue weighted by molar-refractivity contribution is 0.181. The van der Waals surface area contributed by atoms with E-state index >= 15 is 0 Å². The zero-order chi connectivity index (χ0) is 12.8. The van der Waals surface area contributed by atoms with E-state index in [-0.39, 0.29) is 0 Å². The molecule has 0 amide bonds. The van der Waals surface area contributed by atoms with Gasteiger partial charge >= 0.3 is 0 Å². The molecule has 1 aliphatic rings.